The lowest BCUT2D eigenvalue weighted by Crippen LogP contribution is -2.09. The molecule has 5 heteroatoms. The zero-order valence-corrected chi connectivity index (χ0v) is 12.7. The first kappa shape index (κ1) is 14.8. The number of halogens is 3. The van der Waals surface area contributed by atoms with Crippen molar-refractivity contribution in [2.75, 3.05) is 7.11 Å². The summed E-state index contributed by atoms with van der Waals surface area (Å²) in [5.41, 5.74) is -0.519. The maximum atomic E-state index is 13.5. The average molecular weight is 327 g/mol. The molecule has 0 bridgehead atoms. The van der Waals surface area contributed by atoms with Gasteiger partial charge in [0.15, 0.2) is 5.69 Å². The Bertz CT molecular complexity index is 1090. The Balaban J connectivity index is 2.26. The van der Waals surface area contributed by atoms with Gasteiger partial charge in [0.2, 0.25) is 0 Å². The van der Waals surface area contributed by atoms with Crippen molar-refractivity contribution in [2.24, 2.45) is 0 Å². The van der Waals surface area contributed by atoms with Crippen LogP contribution in [0.5, 0.6) is 5.75 Å². The molecule has 0 saturated carbocycles. The lowest BCUT2D eigenvalue weighted by Gasteiger charge is -2.14. The molecule has 0 spiro atoms. The molecule has 0 unspecified atom stereocenters. The molecule has 24 heavy (non-hydrogen) atoms. The summed E-state index contributed by atoms with van der Waals surface area (Å²) in [7, 11) is 1.56. The normalized spacial score (nSPS) is 12.2. The van der Waals surface area contributed by atoms with Crippen LogP contribution in [0, 0.1) is 0 Å². The highest BCUT2D eigenvalue weighted by Gasteiger charge is 2.35. The number of hydrogen-bond donors (Lipinski definition) is 0. The van der Waals surface area contributed by atoms with Crippen LogP contribution >= 0.6 is 0 Å². The first-order chi connectivity index (χ1) is 11.5. The van der Waals surface area contributed by atoms with Gasteiger partial charge in [-0.2, -0.15) is 13.2 Å². The molecule has 120 valence electrons. The van der Waals surface area contributed by atoms with E-state index in [0.29, 0.717) is 22.0 Å². The Kier molecular flexibility index (Phi) is 3.13. The molecule has 0 radical (unpaired) electrons. The van der Waals surface area contributed by atoms with Gasteiger partial charge in [0, 0.05) is 16.2 Å². The highest BCUT2D eigenvalue weighted by Crippen LogP contribution is 2.39. The van der Waals surface area contributed by atoms with E-state index in [1.165, 1.54) is 6.07 Å². The van der Waals surface area contributed by atoms with Crippen LogP contribution in [0.25, 0.3) is 32.4 Å². The van der Waals surface area contributed by atoms with E-state index in [-0.39, 0.29) is 5.39 Å². The molecule has 0 aliphatic carbocycles. The van der Waals surface area contributed by atoms with E-state index in [1.807, 2.05) is 6.07 Å². The topological polar surface area (TPSA) is 22.1 Å². The van der Waals surface area contributed by atoms with Crippen molar-refractivity contribution < 1.29 is 17.9 Å². The van der Waals surface area contributed by atoms with Crippen molar-refractivity contribution in [3.05, 3.63) is 60.3 Å². The van der Waals surface area contributed by atoms with Crippen molar-refractivity contribution in [3.63, 3.8) is 0 Å². The first-order valence-corrected chi connectivity index (χ1v) is 7.35. The Labute approximate surface area is 135 Å². The average Bonchev–Trinajstić information content (AvgIpc) is 2.59. The number of fused-ring (bicyclic) bond motifs is 5. The van der Waals surface area contributed by atoms with Gasteiger partial charge < -0.3 is 4.74 Å². The fourth-order valence-electron chi connectivity index (χ4n) is 3.10. The Morgan fingerprint density at radius 3 is 2.38 bits per heavy atom. The van der Waals surface area contributed by atoms with Gasteiger partial charge in [0.1, 0.15) is 5.75 Å². The number of hydrogen-bond acceptors (Lipinski definition) is 2. The lowest BCUT2D eigenvalue weighted by molar-refractivity contribution is -0.139. The second kappa shape index (κ2) is 5.09. The van der Waals surface area contributed by atoms with Crippen LogP contribution < -0.4 is 4.74 Å². The van der Waals surface area contributed by atoms with Crippen molar-refractivity contribution in [2.45, 2.75) is 6.18 Å². The van der Waals surface area contributed by atoms with Crippen LogP contribution in [0.1, 0.15) is 5.69 Å². The summed E-state index contributed by atoms with van der Waals surface area (Å²) in [6, 6.07) is 15.4. The van der Waals surface area contributed by atoms with Crippen molar-refractivity contribution in [1.29, 1.82) is 0 Å². The van der Waals surface area contributed by atoms with E-state index in [4.69, 9.17) is 4.74 Å². The number of alkyl halides is 3. The zero-order valence-electron chi connectivity index (χ0n) is 12.7. The summed E-state index contributed by atoms with van der Waals surface area (Å²) in [5.74, 6) is 0.663. The minimum Gasteiger partial charge on any atom is -0.497 e. The van der Waals surface area contributed by atoms with Crippen molar-refractivity contribution in [3.8, 4) is 5.75 Å². The molecule has 0 aliphatic rings. The maximum Gasteiger partial charge on any atom is 0.433 e. The number of methoxy groups -OCH3 is 1. The van der Waals surface area contributed by atoms with Gasteiger partial charge in [0.05, 0.1) is 12.6 Å². The van der Waals surface area contributed by atoms with Gasteiger partial charge >= 0.3 is 6.18 Å². The number of nitrogens with zero attached hydrogens (tertiary/aromatic N) is 1. The van der Waals surface area contributed by atoms with E-state index in [2.05, 4.69) is 4.98 Å². The van der Waals surface area contributed by atoms with Crippen LogP contribution in [0.4, 0.5) is 13.2 Å². The zero-order chi connectivity index (χ0) is 16.9. The standard InChI is InChI=1S/C19H12F3NO/c1-24-12-7-9-13-11(10-12)6-8-15-17(13)14-4-2-3-5-16(14)23-18(15)19(20,21)22/h2-10H,1H3. The van der Waals surface area contributed by atoms with E-state index in [0.717, 1.165) is 10.8 Å². The molecule has 0 fully saturated rings. The minimum atomic E-state index is -4.51. The SMILES string of the molecule is COc1ccc2c(ccc3c(C(F)(F)F)nc4ccccc4c32)c1. The van der Waals surface area contributed by atoms with Gasteiger partial charge in [-0.25, -0.2) is 4.98 Å². The van der Waals surface area contributed by atoms with Gasteiger partial charge in [-0.1, -0.05) is 36.4 Å². The number of benzene rings is 3. The third kappa shape index (κ3) is 2.16. The summed E-state index contributed by atoms with van der Waals surface area (Å²) < 4.78 is 45.7. The summed E-state index contributed by atoms with van der Waals surface area (Å²) in [6.45, 7) is 0. The third-order valence-electron chi connectivity index (χ3n) is 4.16. The fraction of sp³-hybridized carbons (Fsp3) is 0.105. The third-order valence-corrected chi connectivity index (χ3v) is 4.16. The van der Waals surface area contributed by atoms with Crippen molar-refractivity contribution in [1.82, 2.24) is 4.98 Å². The predicted molar refractivity (Wildman–Crippen MR) is 88.3 cm³/mol. The van der Waals surface area contributed by atoms with E-state index >= 15 is 0 Å². The second-order valence-electron chi connectivity index (χ2n) is 5.55. The number of ether oxygens (including phenoxy) is 1. The highest BCUT2D eigenvalue weighted by molar-refractivity contribution is 6.20. The predicted octanol–water partition coefficient (Wildman–Crippen LogP) is 5.57. The minimum absolute atomic E-state index is 0.110. The summed E-state index contributed by atoms with van der Waals surface area (Å²) >= 11 is 0. The van der Waals surface area contributed by atoms with Crippen LogP contribution in [0.15, 0.2) is 54.6 Å². The molecule has 0 amide bonds. The number of rotatable bonds is 1. The Morgan fingerprint density at radius 2 is 1.62 bits per heavy atom. The lowest BCUT2D eigenvalue weighted by atomic mass is 9.97. The van der Waals surface area contributed by atoms with Gasteiger partial charge in [0.25, 0.3) is 0 Å². The number of para-hydroxylation sites is 1. The number of pyridine rings is 1. The molecule has 4 aromatic rings. The van der Waals surface area contributed by atoms with Gasteiger partial charge in [-0.15, -0.1) is 0 Å². The molecule has 0 aliphatic heterocycles. The molecule has 4 rings (SSSR count). The molecular formula is C19H12F3NO. The Hall–Kier alpha value is -2.82. The molecular weight excluding hydrogens is 315 g/mol. The van der Waals surface area contributed by atoms with E-state index in [9.17, 15) is 13.2 Å². The van der Waals surface area contributed by atoms with Crippen LogP contribution in [0.2, 0.25) is 0 Å². The summed E-state index contributed by atoms with van der Waals surface area (Å²) in [6.07, 6.45) is -4.51. The summed E-state index contributed by atoms with van der Waals surface area (Å²) in [5, 5.41) is 2.95. The van der Waals surface area contributed by atoms with Crippen LogP contribution in [-0.4, -0.2) is 12.1 Å². The monoisotopic (exact) mass is 327 g/mol. The molecule has 3 aromatic carbocycles. The van der Waals surface area contributed by atoms with Crippen LogP contribution in [0.3, 0.4) is 0 Å². The summed E-state index contributed by atoms with van der Waals surface area (Å²) in [4.78, 5) is 3.87. The van der Waals surface area contributed by atoms with Gasteiger partial charge in [-0.3, -0.25) is 0 Å². The number of aromatic nitrogens is 1. The molecule has 1 aromatic heterocycles. The van der Waals surface area contributed by atoms with E-state index in [1.54, 1.807) is 49.6 Å². The second-order valence-corrected chi connectivity index (χ2v) is 5.55. The van der Waals surface area contributed by atoms with Crippen molar-refractivity contribution >= 4 is 32.4 Å². The molecule has 2 nitrogen and oxygen atoms in total. The fourth-order valence-corrected chi connectivity index (χ4v) is 3.10. The maximum absolute atomic E-state index is 13.5. The smallest absolute Gasteiger partial charge is 0.433 e. The highest BCUT2D eigenvalue weighted by atomic mass is 19.4. The van der Waals surface area contributed by atoms with Crippen LogP contribution in [-0.2, 0) is 6.18 Å². The first-order valence-electron chi connectivity index (χ1n) is 7.35. The largest absolute Gasteiger partial charge is 0.497 e. The Morgan fingerprint density at radius 1 is 0.875 bits per heavy atom. The van der Waals surface area contributed by atoms with Gasteiger partial charge in [-0.05, 0) is 29.0 Å². The molecule has 0 saturated heterocycles. The molecule has 0 N–H and O–H groups in total. The van der Waals surface area contributed by atoms with E-state index < -0.39 is 11.9 Å². The quantitative estimate of drug-likeness (QED) is 0.426. The molecule has 0 atom stereocenters. The molecule has 1 heterocycles.